The molecule has 35 heavy (non-hydrogen) atoms. The average Bonchev–Trinajstić information content (AvgIpc) is 3.02. The molecule has 4 rings (SSSR count). The highest BCUT2D eigenvalue weighted by Gasteiger charge is 2.17. The van der Waals surface area contributed by atoms with Gasteiger partial charge in [-0.15, -0.1) is 10.2 Å². The Morgan fingerprint density at radius 3 is 2.23 bits per heavy atom. The van der Waals surface area contributed by atoms with Crippen LogP contribution in [0.1, 0.15) is 42.6 Å². The van der Waals surface area contributed by atoms with Gasteiger partial charge in [-0.3, -0.25) is 9.36 Å². The highest BCUT2D eigenvalue weighted by Crippen LogP contribution is 2.25. The fourth-order valence-corrected chi connectivity index (χ4v) is 4.90. The summed E-state index contributed by atoms with van der Waals surface area (Å²) in [6.45, 7) is 7.61. The van der Waals surface area contributed by atoms with E-state index in [-0.39, 0.29) is 17.7 Å². The number of urea groups is 1. The number of amides is 3. The molecular formula is C26H32N6O2S. The molecule has 1 aliphatic rings. The van der Waals surface area contributed by atoms with E-state index in [2.05, 4.69) is 52.9 Å². The van der Waals surface area contributed by atoms with Crippen LogP contribution < -0.4 is 10.6 Å². The average molecular weight is 493 g/mol. The zero-order valence-electron chi connectivity index (χ0n) is 20.5. The third kappa shape index (κ3) is 6.42. The lowest BCUT2D eigenvalue weighted by Crippen LogP contribution is -2.35. The number of rotatable bonds is 6. The van der Waals surface area contributed by atoms with Crippen LogP contribution >= 0.6 is 11.8 Å². The number of hydrogen-bond acceptors (Lipinski definition) is 5. The Morgan fingerprint density at radius 2 is 1.54 bits per heavy atom. The van der Waals surface area contributed by atoms with Crippen LogP contribution in [0.15, 0.2) is 47.6 Å². The summed E-state index contributed by atoms with van der Waals surface area (Å²) in [7, 11) is 0. The van der Waals surface area contributed by atoms with Crippen LogP contribution in [0, 0.1) is 20.8 Å². The van der Waals surface area contributed by atoms with Gasteiger partial charge < -0.3 is 15.5 Å². The van der Waals surface area contributed by atoms with Crippen LogP contribution in [0.3, 0.4) is 0 Å². The fraction of sp³-hybridized carbons (Fsp3) is 0.385. The van der Waals surface area contributed by atoms with E-state index in [1.54, 1.807) is 24.3 Å². The van der Waals surface area contributed by atoms with Gasteiger partial charge in [0.1, 0.15) is 5.82 Å². The van der Waals surface area contributed by atoms with Crippen LogP contribution in [-0.4, -0.2) is 50.4 Å². The smallest absolute Gasteiger partial charge is 0.321 e. The molecule has 0 saturated carbocycles. The van der Waals surface area contributed by atoms with Crippen molar-refractivity contribution in [1.82, 2.24) is 19.7 Å². The van der Waals surface area contributed by atoms with Gasteiger partial charge in [-0.25, -0.2) is 4.79 Å². The van der Waals surface area contributed by atoms with Crippen LogP contribution in [0.25, 0.3) is 5.69 Å². The first-order valence-electron chi connectivity index (χ1n) is 12.0. The third-order valence-electron chi connectivity index (χ3n) is 6.05. The molecule has 0 unspecified atom stereocenters. The fourth-order valence-electron chi connectivity index (χ4n) is 4.11. The molecule has 0 aliphatic carbocycles. The monoisotopic (exact) mass is 492 g/mol. The van der Waals surface area contributed by atoms with E-state index in [4.69, 9.17) is 0 Å². The lowest BCUT2D eigenvalue weighted by atomic mass is 10.1. The Labute approximate surface area is 210 Å². The number of hydrogen-bond donors (Lipinski definition) is 2. The number of nitrogens with zero attached hydrogens (tertiary/aromatic N) is 4. The third-order valence-corrected chi connectivity index (χ3v) is 6.98. The van der Waals surface area contributed by atoms with Gasteiger partial charge in [0.2, 0.25) is 5.91 Å². The molecule has 8 nitrogen and oxygen atoms in total. The van der Waals surface area contributed by atoms with Gasteiger partial charge in [0.05, 0.1) is 11.4 Å². The summed E-state index contributed by atoms with van der Waals surface area (Å²) in [4.78, 5) is 27.0. The second kappa shape index (κ2) is 11.4. The van der Waals surface area contributed by atoms with E-state index >= 15 is 0 Å². The van der Waals surface area contributed by atoms with Gasteiger partial charge >= 0.3 is 6.03 Å². The lowest BCUT2D eigenvalue weighted by Gasteiger charge is -2.20. The number of aryl methyl sites for hydroxylation is 3. The first kappa shape index (κ1) is 24.8. The molecule has 0 bridgehead atoms. The summed E-state index contributed by atoms with van der Waals surface area (Å²) in [6.07, 6.45) is 4.47. The molecule has 0 radical (unpaired) electrons. The van der Waals surface area contributed by atoms with E-state index in [0.717, 1.165) is 48.6 Å². The Morgan fingerprint density at radius 1 is 0.886 bits per heavy atom. The molecule has 1 aromatic heterocycles. The maximum absolute atomic E-state index is 12.6. The number of thioether (sulfide) groups is 1. The van der Waals surface area contributed by atoms with Gasteiger partial charge in [0, 0.05) is 24.5 Å². The van der Waals surface area contributed by atoms with Gasteiger partial charge in [-0.1, -0.05) is 36.7 Å². The number of carbonyl (C=O) groups excluding carboxylic acids is 2. The Kier molecular flexibility index (Phi) is 8.07. The SMILES string of the molecule is Cc1ccc(C)c(-n2c(C)nnc2SCC(=O)Nc2ccc(NC(=O)N3CCCCCC3)cc2)c1. The first-order valence-corrected chi connectivity index (χ1v) is 13.0. The molecule has 0 spiro atoms. The number of benzene rings is 2. The Balaban J connectivity index is 1.33. The normalized spacial score (nSPS) is 13.9. The van der Waals surface area contributed by atoms with E-state index in [1.165, 1.54) is 24.6 Å². The topological polar surface area (TPSA) is 92.1 Å². The van der Waals surface area contributed by atoms with Crippen molar-refractivity contribution < 1.29 is 9.59 Å². The molecule has 3 amide bonds. The number of carbonyl (C=O) groups is 2. The zero-order chi connectivity index (χ0) is 24.8. The van der Waals surface area contributed by atoms with E-state index < -0.39 is 0 Å². The quantitative estimate of drug-likeness (QED) is 0.454. The van der Waals surface area contributed by atoms with Gasteiger partial charge in [0.25, 0.3) is 0 Å². The minimum atomic E-state index is -0.135. The highest BCUT2D eigenvalue weighted by atomic mass is 32.2. The molecule has 1 fully saturated rings. The van der Waals surface area contributed by atoms with Crippen molar-refractivity contribution >= 4 is 35.1 Å². The van der Waals surface area contributed by atoms with Crippen molar-refractivity contribution in [2.75, 3.05) is 29.5 Å². The van der Waals surface area contributed by atoms with E-state index in [9.17, 15) is 9.59 Å². The summed E-state index contributed by atoms with van der Waals surface area (Å²) < 4.78 is 1.99. The molecule has 1 aliphatic heterocycles. The molecule has 9 heteroatoms. The summed E-state index contributed by atoms with van der Waals surface area (Å²) in [6, 6.07) is 13.4. The maximum Gasteiger partial charge on any atom is 0.321 e. The number of anilines is 2. The standard InChI is InChI=1S/C26H32N6O2S/c1-18-8-9-19(2)23(16-18)32-20(3)29-30-26(32)35-17-24(33)27-21-10-12-22(13-11-21)28-25(34)31-14-6-4-5-7-15-31/h8-13,16H,4-7,14-15,17H2,1-3H3,(H,27,33)(H,28,34). The maximum atomic E-state index is 12.6. The summed E-state index contributed by atoms with van der Waals surface area (Å²) in [5.41, 5.74) is 4.68. The van der Waals surface area contributed by atoms with Crippen molar-refractivity contribution in [3.8, 4) is 5.69 Å². The molecule has 0 atom stereocenters. The van der Waals surface area contributed by atoms with E-state index in [0.29, 0.717) is 16.5 Å². The predicted octanol–water partition coefficient (Wildman–Crippen LogP) is 5.33. The molecule has 2 heterocycles. The number of likely N-dealkylation sites (tertiary alicyclic amines) is 1. The van der Waals surface area contributed by atoms with Gasteiger partial charge in [-0.2, -0.15) is 0 Å². The Bertz CT molecular complexity index is 1180. The first-order chi connectivity index (χ1) is 16.9. The Hall–Kier alpha value is -3.33. The van der Waals surface area contributed by atoms with Crippen molar-refractivity contribution in [1.29, 1.82) is 0 Å². The summed E-state index contributed by atoms with van der Waals surface area (Å²) in [5, 5.41) is 15.0. The van der Waals surface area contributed by atoms with Crippen LogP contribution in [0.2, 0.25) is 0 Å². The highest BCUT2D eigenvalue weighted by molar-refractivity contribution is 7.99. The summed E-state index contributed by atoms with van der Waals surface area (Å²) >= 11 is 1.35. The second-order valence-electron chi connectivity index (χ2n) is 8.90. The van der Waals surface area contributed by atoms with Crippen LogP contribution in [0.4, 0.5) is 16.2 Å². The van der Waals surface area contributed by atoms with Crippen molar-refractivity contribution in [2.45, 2.75) is 51.6 Å². The predicted molar refractivity (Wildman–Crippen MR) is 140 cm³/mol. The molecule has 2 N–H and O–H groups in total. The van der Waals surface area contributed by atoms with Crippen molar-refractivity contribution in [3.05, 3.63) is 59.4 Å². The van der Waals surface area contributed by atoms with Gasteiger partial charge in [-0.05, 0) is 75.1 Å². The van der Waals surface area contributed by atoms with Crippen LogP contribution in [-0.2, 0) is 4.79 Å². The molecule has 184 valence electrons. The summed E-state index contributed by atoms with van der Waals surface area (Å²) in [5.74, 6) is 0.847. The second-order valence-corrected chi connectivity index (χ2v) is 9.84. The largest absolute Gasteiger partial charge is 0.325 e. The minimum absolute atomic E-state index is 0.0664. The van der Waals surface area contributed by atoms with E-state index in [1.807, 2.05) is 16.4 Å². The number of aromatic nitrogens is 3. The van der Waals surface area contributed by atoms with Crippen molar-refractivity contribution in [2.24, 2.45) is 0 Å². The minimum Gasteiger partial charge on any atom is -0.325 e. The number of nitrogens with one attached hydrogen (secondary N) is 2. The molecular weight excluding hydrogens is 460 g/mol. The molecule has 3 aromatic rings. The molecule has 2 aromatic carbocycles. The van der Waals surface area contributed by atoms with Gasteiger partial charge in [0.15, 0.2) is 5.16 Å². The van der Waals surface area contributed by atoms with Crippen molar-refractivity contribution in [3.63, 3.8) is 0 Å². The zero-order valence-corrected chi connectivity index (χ0v) is 21.3. The lowest BCUT2D eigenvalue weighted by molar-refractivity contribution is -0.113. The van der Waals surface area contributed by atoms with Crippen LogP contribution in [0.5, 0.6) is 0 Å². The molecule has 1 saturated heterocycles.